The van der Waals surface area contributed by atoms with Crippen LogP contribution in [0.2, 0.25) is 0 Å². The number of carbonyl (C=O) groups excluding carboxylic acids is 2. The fraction of sp³-hybridized carbons (Fsp3) is 0.500. The van der Waals surface area contributed by atoms with Crippen molar-refractivity contribution in [2.45, 2.75) is 39.0 Å². The Morgan fingerprint density at radius 2 is 2.14 bits per heavy atom. The second-order valence-corrected chi connectivity index (χ2v) is 6.54. The van der Waals surface area contributed by atoms with Crippen molar-refractivity contribution in [1.29, 1.82) is 10.7 Å². The van der Waals surface area contributed by atoms with Crippen molar-refractivity contribution in [3.8, 4) is 6.07 Å². The molecule has 0 aliphatic heterocycles. The monoisotopic (exact) mass is 318 g/mol. The van der Waals surface area contributed by atoms with E-state index in [4.69, 9.17) is 15.4 Å². The second kappa shape index (κ2) is 7.32. The van der Waals surface area contributed by atoms with Gasteiger partial charge in [-0.05, 0) is 44.2 Å². The zero-order valence-electron chi connectivity index (χ0n) is 12.5. The first kappa shape index (κ1) is 16.4. The summed E-state index contributed by atoms with van der Waals surface area (Å²) in [5.74, 6) is -2.21. The van der Waals surface area contributed by atoms with Gasteiger partial charge < -0.3 is 10.1 Å². The van der Waals surface area contributed by atoms with Gasteiger partial charge in [0, 0.05) is 10.6 Å². The molecule has 0 aromatic carbocycles. The van der Waals surface area contributed by atoms with E-state index in [0.717, 1.165) is 25.7 Å². The average Bonchev–Trinajstić information content (AvgIpc) is 2.76. The maximum atomic E-state index is 12.0. The highest BCUT2D eigenvalue weighted by Crippen LogP contribution is 2.29. The average molecular weight is 318 g/mol. The van der Waals surface area contributed by atoms with Crippen LogP contribution in [-0.2, 0) is 22.4 Å². The van der Waals surface area contributed by atoms with Crippen molar-refractivity contribution in [1.82, 2.24) is 0 Å². The lowest BCUT2D eigenvalue weighted by molar-refractivity contribution is -0.122. The molecule has 1 N–H and O–H groups in total. The molecular weight excluding hydrogens is 300 g/mol. The predicted molar refractivity (Wildman–Crippen MR) is 83.4 cm³/mol. The summed E-state index contributed by atoms with van der Waals surface area (Å²) in [6, 6.07) is 3.61. The molecule has 1 aliphatic carbocycles. The van der Waals surface area contributed by atoms with Gasteiger partial charge in [0.25, 0.3) is 0 Å². The minimum Gasteiger partial charge on any atom is -0.453 e. The van der Waals surface area contributed by atoms with Gasteiger partial charge in [-0.2, -0.15) is 5.26 Å². The summed E-state index contributed by atoms with van der Waals surface area (Å²) >= 11 is 1.44. The molecule has 0 fully saturated rings. The molecule has 2 rings (SSSR count). The van der Waals surface area contributed by atoms with Gasteiger partial charge in [-0.1, -0.05) is 6.42 Å². The lowest BCUT2D eigenvalue weighted by Crippen LogP contribution is -2.25. The fourth-order valence-corrected chi connectivity index (χ4v) is 3.62. The Bertz CT molecular complexity index is 619. The second-order valence-electron chi connectivity index (χ2n) is 5.41. The summed E-state index contributed by atoms with van der Waals surface area (Å²) in [5.41, 5.74) is 1.18. The Labute approximate surface area is 133 Å². The summed E-state index contributed by atoms with van der Waals surface area (Å²) in [4.78, 5) is 25.5. The van der Waals surface area contributed by atoms with Crippen LogP contribution in [0.4, 0.5) is 0 Å². The normalized spacial score (nSPS) is 15.1. The van der Waals surface area contributed by atoms with E-state index in [1.165, 1.54) is 35.1 Å². The number of aryl methyl sites for hydroxylation is 2. The van der Waals surface area contributed by atoms with E-state index in [0.29, 0.717) is 4.88 Å². The van der Waals surface area contributed by atoms with Gasteiger partial charge in [-0.15, -0.1) is 11.3 Å². The van der Waals surface area contributed by atoms with Crippen molar-refractivity contribution in [2.24, 2.45) is 5.92 Å². The molecular formula is C16H18N2O3S. The third kappa shape index (κ3) is 3.80. The van der Waals surface area contributed by atoms with E-state index < -0.39 is 24.3 Å². The molecule has 0 saturated heterocycles. The summed E-state index contributed by atoms with van der Waals surface area (Å²) in [6.07, 6.45) is 5.48. The van der Waals surface area contributed by atoms with Crippen LogP contribution in [0.1, 0.15) is 46.3 Å². The summed E-state index contributed by atoms with van der Waals surface area (Å²) in [5, 5.41) is 16.2. The lowest BCUT2D eigenvalue weighted by Gasteiger charge is -2.06. The van der Waals surface area contributed by atoms with E-state index in [1.807, 2.05) is 6.07 Å². The van der Waals surface area contributed by atoms with Crippen LogP contribution in [0.15, 0.2) is 6.07 Å². The van der Waals surface area contributed by atoms with Gasteiger partial charge in [0.1, 0.15) is 10.8 Å². The Balaban J connectivity index is 1.97. The smallest absolute Gasteiger partial charge is 0.348 e. The largest absolute Gasteiger partial charge is 0.453 e. The number of rotatable bonds is 5. The molecule has 116 valence electrons. The first-order valence-electron chi connectivity index (χ1n) is 7.29. The third-order valence-electron chi connectivity index (χ3n) is 3.68. The number of fused-ring (bicyclic) bond motifs is 1. The fourth-order valence-electron chi connectivity index (χ4n) is 2.47. The summed E-state index contributed by atoms with van der Waals surface area (Å²) in [6.45, 7) is 0.930. The predicted octanol–water partition coefficient (Wildman–Crippen LogP) is 2.92. The van der Waals surface area contributed by atoms with Crippen LogP contribution in [0.25, 0.3) is 0 Å². The van der Waals surface area contributed by atoms with Gasteiger partial charge in [-0.3, -0.25) is 4.79 Å². The zero-order valence-corrected chi connectivity index (χ0v) is 13.3. The number of esters is 1. The molecule has 0 radical (unpaired) electrons. The molecule has 1 unspecified atom stereocenters. The number of carbonyl (C=O) groups is 2. The molecule has 1 aromatic rings. The van der Waals surface area contributed by atoms with Gasteiger partial charge in [0.15, 0.2) is 12.4 Å². The number of nitrogens with one attached hydrogen (secondary N) is 1. The minimum absolute atomic E-state index is 0.0358. The Morgan fingerprint density at radius 1 is 1.41 bits per heavy atom. The van der Waals surface area contributed by atoms with Crippen molar-refractivity contribution < 1.29 is 14.3 Å². The molecule has 1 heterocycles. The molecule has 1 aromatic heterocycles. The van der Waals surface area contributed by atoms with E-state index >= 15 is 0 Å². The molecule has 0 amide bonds. The van der Waals surface area contributed by atoms with E-state index in [-0.39, 0.29) is 5.71 Å². The maximum Gasteiger partial charge on any atom is 0.348 e. The molecule has 22 heavy (non-hydrogen) atoms. The zero-order chi connectivity index (χ0) is 16.1. The Kier molecular flexibility index (Phi) is 5.45. The maximum absolute atomic E-state index is 12.0. The number of nitriles is 1. The van der Waals surface area contributed by atoms with Crippen molar-refractivity contribution in [3.63, 3.8) is 0 Å². The number of hydrogen-bond acceptors (Lipinski definition) is 6. The first-order chi connectivity index (χ1) is 10.5. The van der Waals surface area contributed by atoms with Gasteiger partial charge in [0.05, 0.1) is 6.07 Å². The number of thiophene rings is 1. The van der Waals surface area contributed by atoms with Gasteiger partial charge >= 0.3 is 5.97 Å². The number of ether oxygens (including phenoxy) is 1. The molecule has 6 heteroatoms. The summed E-state index contributed by atoms with van der Waals surface area (Å²) in [7, 11) is 0. The highest BCUT2D eigenvalue weighted by atomic mass is 32.1. The van der Waals surface area contributed by atoms with Crippen LogP contribution in [0.3, 0.4) is 0 Å². The van der Waals surface area contributed by atoms with E-state index in [9.17, 15) is 9.59 Å². The van der Waals surface area contributed by atoms with E-state index in [2.05, 4.69) is 0 Å². The minimum atomic E-state index is -1.13. The molecule has 0 spiro atoms. The topological polar surface area (TPSA) is 91.0 Å². The molecule has 5 nitrogen and oxygen atoms in total. The Hall–Kier alpha value is -2.00. The molecule has 1 atom stereocenters. The first-order valence-corrected chi connectivity index (χ1v) is 8.10. The quantitative estimate of drug-likeness (QED) is 0.513. The van der Waals surface area contributed by atoms with Crippen molar-refractivity contribution in [3.05, 3.63) is 21.4 Å². The van der Waals surface area contributed by atoms with Crippen LogP contribution < -0.4 is 0 Å². The molecule has 1 aliphatic rings. The highest BCUT2D eigenvalue weighted by molar-refractivity contribution is 7.14. The van der Waals surface area contributed by atoms with E-state index in [1.54, 1.807) is 6.07 Å². The summed E-state index contributed by atoms with van der Waals surface area (Å²) < 4.78 is 5.01. The third-order valence-corrected chi connectivity index (χ3v) is 4.89. The number of ketones is 1. The highest BCUT2D eigenvalue weighted by Gasteiger charge is 2.23. The van der Waals surface area contributed by atoms with Crippen LogP contribution in [0.5, 0.6) is 0 Å². The van der Waals surface area contributed by atoms with Crippen molar-refractivity contribution >= 4 is 28.8 Å². The molecule has 0 bridgehead atoms. The number of Topliss-reactive ketones (excluding diaryl/α,β-unsaturated/α-hetero) is 1. The SMILES string of the molecule is CC(=N)C(C#N)C(=O)COC(=O)c1cc2c(s1)CCCCC2. The number of hydrogen-bond donors (Lipinski definition) is 1. The van der Waals surface area contributed by atoms with Crippen molar-refractivity contribution in [2.75, 3.05) is 6.61 Å². The van der Waals surface area contributed by atoms with Crippen LogP contribution in [0, 0.1) is 22.7 Å². The standard InChI is InChI=1S/C16H18N2O3S/c1-10(18)12(8-17)13(19)9-21-16(20)15-7-11-5-3-2-4-6-14(11)22-15/h7,12,18H,2-6,9H2,1H3. The van der Waals surface area contributed by atoms with Gasteiger partial charge in [-0.25, -0.2) is 4.79 Å². The molecule has 0 saturated carbocycles. The number of nitrogens with zero attached hydrogens (tertiary/aromatic N) is 1. The Morgan fingerprint density at radius 3 is 2.82 bits per heavy atom. The van der Waals surface area contributed by atoms with Gasteiger partial charge in [0.2, 0.25) is 0 Å². The lowest BCUT2D eigenvalue weighted by atomic mass is 10.0. The van der Waals surface area contributed by atoms with Crippen LogP contribution in [-0.4, -0.2) is 24.1 Å². The van der Waals surface area contributed by atoms with Crippen LogP contribution >= 0.6 is 11.3 Å².